The van der Waals surface area contributed by atoms with Gasteiger partial charge in [0.05, 0.1) is 20.1 Å². The van der Waals surface area contributed by atoms with Crippen LogP contribution in [0.25, 0.3) is 0 Å². The van der Waals surface area contributed by atoms with Gasteiger partial charge in [-0.15, -0.1) is 0 Å². The molecule has 1 rings (SSSR count). The van der Waals surface area contributed by atoms with Crippen LogP contribution >= 0.6 is 0 Å². The lowest BCUT2D eigenvalue weighted by atomic mass is 10.1. The van der Waals surface area contributed by atoms with Crippen molar-refractivity contribution < 1.29 is 14.3 Å². The van der Waals surface area contributed by atoms with Gasteiger partial charge in [-0.25, -0.2) is 0 Å². The average molecular weight is 278 g/mol. The molecule has 1 N–H and O–H groups in total. The van der Waals surface area contributed by atoms with Gasteiger partial charge in [0.2, 0.25) is 5.91 Å². The first-order valence-electron chi connectivity index (χ1n) is 6.59. The fourth-order valence-electron chi connectivity index (χ4n) is 1.77. The minimum absolute atomic E-state index is 0.0940. The zero-order valence-electron chi connectivity index (χ0n) is 12.3. The summed E-state index contributed by atoms with van der Waals surface area (Å²) in [5.41, 5.74) is 2.39. The minimum Gasteiger partial charge on any atom is -0.469 e. The van der Waals surface area contributed by atoms with E-state index in [1.165, 1.54) is 18.2 Å². The van der Waals surface area contributed by atoms with Crippen LogP contribution in [0.1, 0.15) is 17.5 Å². The molecule has 0 spiro atoms. The van der Waals surface area contributed by atoms with Crippen molar-refractivity contribution in [3.63, 3.8) is 0 Å². The van der Waals surface area contributed by atoms with E-state index in [-0.39, 0.29) is 18.3 Å². The van der Waals surface area contributed by atoms with Gasteiger partial charge in [0.1, 0.15) is 0 Å². The van der Waals surface area contributed by atoms with Gasteiger partial charge in [0.15, 0.2) is 0 Å². The summed E-state index contributed by atoms with van der Waals surface area (Å²) in [6.07, 6.45) is 0.198. The van der Waals surface area contributed by atoms with Crippen LogP contribution in [0, 0.1) is 6.92 Å². The highest BCUT2D eigenvalue weighted by Gasteiger charge is 2.08. The predicted octanol–water partition coefficient (Wildman–Crippen LogP) is 1.11. The molecule has 0 atom stereocenters. The molecule has 0 aromatic heterocycles. The number of rotatable bonds is 7. The van der Waals surface area contributed by atoms with E-state index in [4.69, 9.17) is 0 Å². The van der Waals surface area contributed by atoms with Crippen LogP contribution in [0.2, 0.25) is 0 Å². The Morgan fingerprint density at radius 3 is 2.50 bits per heavy atom. The van der Waals surface area contributed by atoms with Crippen molar-refractivity contribution in [2.45, 2.75) is 19.9 Å². The van der Waals surface area contributed by atoms with Crippen LogP contribution < -0.4 is 5.32 Å². The third kappa shape index (κ3) is 6.33. The van der Waals surface area contributed by atoms with Gasteiger partial charge in [0.25, 0.3) is 0 Å². The smallest absolute Gasteiger partial charge is 0.307 e. The molecule has 0 radical (unpaired) electrons. The summed E-state index contributed by atoms with van der Waals surface area (Å²) in [5.74, 6) is -0.415. The molecule has 0 bridgehead atoms. The van der Waals surface area contributed by atoms with Gasteiger partial charge in [-0.3, -0.25) is 14.5 Å². The molecule has 5 heteroatoms. The van der Waals surface area contributed by atoms with E-state index in [1.807, 2.05) is 18.9 Å². The quantitative estimate of drug-likeness (QED) is 0.759. The van der Waals surface area contributed by atoms with Crippen molar-refractivity contribution in [1.82, 2.24) is 10.2 Å². The lowest BCUT2D eigenvalue weighted by Gasteiger charge is -2.16. The van der Waals surface area contributed by atoms with E-state index in [0.717, 1.165) is 0 Å². The SMILES string of the molecule is COC(=O)CCNC(=O)CN(C)Cc1ccc(C)cc1. The lowest BCUT2D eigenvalue weighted by Crippen LogP contribution is -2.35. The maximum Gasteiger partial charge on any atom is 0.307 e. The minimum atomic E-state index is -0.321. The Morgan fingerprint density at radius 2 is 1.90 bits per heavy atom. The van der Waals surface area contributed by atoms with Crippen molar-refractivity contribution in [2.75, 3.05) is 27.2 Å². The van der Waals surface area contributed by atoms with E-state index in [1.54, 1.807) is 0 Å². The van der Waals surface area contributed by atoms with Gasteiger partial charge in [-0.1, -0.05) is 29.8 Å². The fourth-order valence-corrected chi connectivity index (χ4v) is 1.77. The van der Waals surface area contributed by atoms with Gasteiger partial charge in [-0.05, 0) is 19.5 Å². The number of amides is 1. The normalized spacial score (nSPS) is 10.4. The standard InChI is InChI=1S/C15H22N2O3/c1-12-4-6-13(7-5-12)10-17(2)11-14(18)16-9-8-15(19)20-3/h4-7H,8-11H2,1-3H3,(H,16,18). The second-order valence-corrected chi connectivity index (χ2v) is 4.83. The Labute approximate surface area is 119 Å². The molecule has 1 aromatic rings. The van der Waals surface area contributed by atoms with Crippen molar-refractivity contribution in [3.8, 4) is 0 Å². The maximum atomic E-state index is 11.7. The van der Waals surface area contributed by atoms with Gasteiger partial charge in [-0.2, -0.15) is 0 Å². The highest BCUT2D eigenvalue weighted by molar-refractivity contribution is 5.78. The van der Waals surface area contributed by atoms with E-state index in [2.05, 4.69) is 34.3 Å². The predicted molar refractivity (Wildman–Crippen MR) is 77.2 cm³/mol. The lowest BCUT2D eigenvalue weighted by molar-refractivity contribution is -0.140. The molecule has 1 amide bonds. The first-order chi connectivity index (χ1) is 9.51. The number of carbonyl (C=O) groups is 2. The Balaban J connectivity index is 2.27. The number of benzene rings is 1. The van der Waals surface area contributed by atoms with Crippen LogP contribution in [0.4, 0.5) is 0 Å². The van der Waals surface area contributed by atoms with Gasteiger partial charge in [0, 0.05) is 13.1 Å². The van der Waals surface area contributed by atoms with Crippen molar-refractivity contribution >= 4 is 11.9 Å². The van der Waals surface area contributed by atoms with Crippen molar-refractivity contribution in [3.05, 3.63) is 35.4 Å². The molecule has 0 aliphatic heterocycles. The molecule has 0 heterocycles. The molecule has 0 aliphatic rings. The number of nitrogens with zero attached hydrogens (tertiary/aromatic N) is 1. The number of nitrogens with one attached hydrogen (secondary N) is 1. The number of carbonyl (C=O) groups excluding carboxylic acids is 2. The molecule has 1 aromatic carbocycles. The third-order valence-corrected chi connectivity index (χ3v) is 2.87. The van der Waals surface area contributed by atoms with Crippen LogP contribution in [0.15, 0.2) is 24.3 Å². The van der Waals surface area contributed by atoms with Crippen LogP contribution in [-0.4, -0.2) is 44.0 Å². The number of hydrogen-bond donors (Lipinski definition) is 1. The number of esters is 1. The van der Waals surface area contributed by atoms with Crippen molar-refractivity contribution in [2.24, 2.45) is 0 Å². The molecule has 0 saturated carbocycles. The van der Waals surface area contributed by atoms with E-state index >= 15 is 0 Å². The van der Waals surface area contributed by atoms with Gasteiger partial charge >= 0.3 is 5.97 Å². The second-order valence-electron chi connectivity index (χ2n) is 4.83. The Hall–Kier alpha value is -1.88. The molecular weight excluding hydrogens is 256 g/mol. The van der Waals surface area contributed by atoms with E-state index < -0.39 is 0 Å². The summed E-state index contributed by atoms with van der Waals surface area (Å²) in [4.78, 5) is 24.5. The first-order valence-corrected chi connectivity index (χ1v) is 6.59. The molecule has 0 saturated heterocycles. The molecule has 5 nitrogen and oxygen atoms in total. The highest BCUT2D eigenvalue weighted by atomic mass is 16.5. The molecular formula is C15H22N2O3. The average Bonchev–Trinajstić information content (AvgIpc) is 2.41. The highest BCUT2D eigenvalue weighted by Crippen LogP contribution is 2.05. The number of likely N-dealkylation sites (N-methyl/N-ethyl adjacent to an activating group) is 1. The Kier molecular flexibility index (Phi) is 6.73. The number of aryl methyl sites for hydroxylation is 1. The zero-order valence-corrected chi connectivity index (χ0v) is 12.3. The maximum absolute atomic E-state index is 11.7. The Bertz CT molecular complexity index is 443. The summed E-state index contributed by atoms with van der Waals surface area (Å²) in [5, 5.41) is 2.69. The third-order valence-electron chi connectivity index (χ3n) is 2.87. The van der Waals surface area contributed by atoms with Crippen LogP contribution in [0.5, 0.6) is 0 Å². The molecule has 20 heavy (non-hydrogen) atoms. The largest absolute Gasteiger partial charge is 0.469 e. The molecule has 0 aliphatic carbocycles. The number of hydrogen-bond acceptors (Lipinski definition) is 4. The fraction of sp³-hybridized carbons (Fsp3) is 0.467. The number of ether oxygens (including phenoxy) is 1. The second kappa shape index (κ2) is 8.32. The van der Waals surface area contributed by atoms with Gasteiger partial charge < -0.3 is 10.1 Å². The summed E-state index contributed by atoms with van der Waals surface area (Å²) in [7, 11) is 3.22. The Morgan fingerprint density at radius 1 is 1.25 bits per heavy atom. The summed E-state index contributed by atoms with van der Waals surface area (Å²) in [6, 6.07) is 8.22. The van der Waals surface area contributed by atoms with E-state index in [0.29, 0.717) is 19.6 Å². The summed E-state index contributed by atoms with van der Waals surface area (Å²) in [6.45, 7) is 3.37. The molecule has 110 valence electrons. The first kappa shape index (κ1) is 16.2. The summed E-state index contributed by atoms with van der Waals surface area (Å²) >= 11 is 0. The molecule has 0 fully saturated rings. The van der Waals surface area contributed by atoms with Crippen molar-refractivity contribution in [1.29, 1.82) is 0 Å². The number of methoxy groups -OCH3 is 1. The zero-order chi connectivity index (χ0) is 15.0. The van der Waals surface area contributed by atoms with Crippen LogP contribution in [0.3, 0.4) is 0 Å². The molecule has 0 unspecified atom stereocenters. The van der Waals surface area contributed by atoms with Crippen LogP contribution in [-0.2, 0) is 20.9 Å². The monoisotopic (exact) mass is 278 g/mol. The topological polar surface area (TPSA) is 58.6 Å². The summed E-state index contributed by atoms with van der Waals surface area (Å²) < 4.78 is 4.50. The van der Waals surface area contributed by atoms with E-state index in [9.17, 15) is 9.59 Å².